The molecule has 0 aromatic heterocycles. The van der Waals surface area contributed by atoms with Gasteiger partial charge in [0.05, 0.1) is 7.11 Å². The van der Waals surface area contributed by atoms with Gasteiger partial charge in [0, 0.05) is 0 Å². The lowest BCUT2D eigenvalue weighted by atomic mass is 9.92. The Hall–Kier alpha value is -0.570. The Kier molecular flexibility index (Phi) is 4.11. The van der Waals surface area contributed by atoms with Crippen LogP contribution < -0.4 is 0 Å². The number of aliphatic hydroxyl groups is 1. The molecule has 0 saturated carbocycles. The molecule has 0 fully saturated rings. The van der Waals surface area contributed by atoms with Crippen molar-refractivity contribution in [2.75, 3.05) is 7.11 Å². The van der Waals surface area contributed by atoms with Crippen molar-refractivity contribution >= 4 is 5.97 Å². The molecule has 66 valence electrons. The van der Waals surface area contributed by atoms with Crippen molar-refractivity contribution in [3.05, 3.63) is 0 Å². The van der Waals surface area contributed by atoms with Crippen molar-refractivity contribution in [3.63, 3.8) is 0 Å². The van der Waals surface area contributed by atoms with Crippen LogP contribution in [-0.2, 0) is 9.53 Å². The first-order chi connectivity index (χ1) is 5.00. The van der Waals surface area contributed by atoms with Gasteiger partial charge in [-0.15, -0.1) is 0 Å². The molecular formula is C8H16O3. The number of carbonyl (C=O) groups excluding carboxylic acids is 1. The maximum Gasteiger partial charge on any atom is 0.334 e. The molecule has 0 aliphatic carbocycles. The number of methoxy groups -OCH3 is 1. The summed E-state index contributed by atoms with van der Waals surface area (Å²) in [7, 11) is 1.28. The first-order valence-corrected chi connectivity index (χ1v) is 3.76. The van der Waals surface area contributed by atoms with Crippen LogP contribution in [0.4, 0.5) is 0 Å². The van der Waals surface area contributed by atoms with Crippen molar-refractivity contribution in [2.45, 2.75) is 26.9 Å². The van der Waals surface area contributed by atoms with E-state index in [4.69, 9.17) is 0 Å². The average molecular weight is 160 g/mol. The number of carbonyl (C=O) groups is 1. The molecule has 11 heavy (non-hydrogen) atoms. The molecule has 3 nitrogen and oxygen atoms in total. The van der Waals surface area contributed by atoms with E-state index in [2.05, 4.69) is 4.74 Å². The standard InChI is InChI=1S/C8H16O3/c1-5(2)6(3)7(9)8(10)11-4/h5-7,9H,1-4H3. The van der Waals surface area contributed by atoms with E-state index in [0.717, 1.165) is 0 Å². The van der Waals surface area contributed by atoms with E-state index in [1.165, 1.54) is 7.11 Å². The summed E-state index contributed by atoms with van der Waals surface area (Å²) in [6.45, 7) is 5.74. The summed E-state index contributed by atoms with van der Waals surface area (Å²) in [5.41, 5.74) is 0. The molecule has 0 bridgehead atoms. The van der Waals surface area contributed by atoms with Crippen molar-refractivity contribution in [3.8, 4) is 0 Å². The van der Waals surface area contributed by atoms with Gasteiger partial charge in [-0.25, -0.2) is 4.79 Å². The molecule has 0 rings (SSSR count). The maximum absolute atomic E-state index is 10.8. The largest absolute Gasteiger partial charge is 0.467 e. The second kappa shape index (κ2) is 4.34. The van der Waals surface area contributed by atoms with Gasteiger partial charge in [0.1, 0.15) is 0 Å². The third kappa shape index (κ3) is 2.89. The van der Waals surface area contributed by atoms with E-state index >= 15 is 0 Å². The molecule has 0 radical (unpaired) electrons. The van der Waals surface area contributed by atoms with Gasteiger partial charge in [0.15, 0.2) is 6.10 Å². The van der Waals surface area contributed by atoms with Gasteiger partial charge in [0.2, 0.25) is 0 Å². The van der Waals surface area contributed by atoms with Crippen molar-refractivity contribution in [2.24, 2.45) is 11.8 Å². The topological polar surface area (TPSA) is 46.5 Å². The van der Waals surface area contributed by atoms with E-state index in [0.29, 0.717) is 0 Å². The monoisotopic (exact) mass is 160 g/mol. The molecule has 0 saturated heterocycles. The summed E-state index contributed by atoms with van der Waals surface area (Å²) in [4.78, 5) is 10.8. The van der Waals surface area contributed by atoms with E-state index in [1.54, 1.807) is 0 Å². The van der Waals surface area contributed by atoms with Gasteiger partial charge >= 0.3 is 5.97 Å². The summed E-state index contributed by atoms with van der Waals surface area (Å²) in [5.74, 6) is -0.322. The minimum absolute atomic E-state index is 0.0533. The highest BCUT2D eigenvalue weighted by Gasteiger charge is 2.24. The van der Waals surface area contributed by atoms with Gasteiger partial charge in [-0.3, -0.25) is 0 Å². The maximum atomic E-state index is 10.8. The predicted molar refractivity (Wildman–Crippen MR) is 42.0 cm³/mol. The quantitative estimate of drug-likeness (QED) is 0.621. The van der Waals surface area contributed by atoms with Crippen LogP contribution in [-0.4, -0.2) is 24.3 Å². The first-order valence-electron chi connectivity index (χ1n) is 3.76. The Morgan fingerprint density at radius 2 is 1.82 bits per heavy atom. The molecule has 3 heteroatoms. The fraction of sp³-hybridized carbons (Fsp3) is 0.875. The molecule has 0 amide bonds. The first kappa shape index (κ1) is 10.4. The van der Waals surface area contributed by atoms with Crippen LogP contribution in [0.5, 0.6) is 0 Å². The highest BCUT2D eigenvalue weighted by molar-refractivity contribution is 5.74. The fourth-order valence-electron chi connectivity index (χ4n) is 0.700. The fourth-order valence-corrected chi connectivity index (χ4v) is 0.700. The Balaban J connectivity index is 4.01. The van der Waals surface area contributed by atoms with E-state index in [-0.39, 0.29) is 11.8 Å². The Bertz CT molecular complexity index is 131. The van der Waals surface area contributed by atoms with Crippen LogP contribution in [0.25, 0.3) is 0 Å². The zero-order valence-electron chi connectivity index (χ0n) is 7.50. The van der Waals surface area contributed by atoms with E-state index in [1.807, 2.05) is 20.8 Å². The van der Waals surface area contributed by atoms with Gasteiger partial charge in [0.25, 0.3) is 0 Å². The van der Waals surface area contributed by atoms with Crippen LogP contribution >= 0.6 is 0 Å². The van der Waals surface area contributed by atoms with Crippen molar-refractivity contribution in [1.82, 2.24) is 0 Å². The minimum atomic E-state index is -0.986. The molecule has 0 aromatic carbocycles. The third-order valence-electron chi connectivity index (χ3n) is 1.99. The minimum Gasteiger partial charge on any atom is -0.467 e. The van der Waals surface area contributed by atoms with Crippen LogP contribution in [0, 0.1) is 11.8 Å². The lowest BCUT2D eigenvalue weighted by molar-refractivity contribution is -0.154. The molecule has 2 unspecified atom stereocenters. The van der Waals surface area contributed by atoms with Gasteiger partial charge in [-0.1, -0.05) is 20.8 Å². The second-order valence-electron chi connectivity index (χ2n) is 3.07. The number of hydrogen-bond acceptors (Lipinski definition) is 3. The number of ether oxygens (including phenoxy) is 1. The van der Waals surface area contributed by atoms with Crippen molar-refractivity contribution < 1.29 is 14.6 Å². The smallest absolute Gasteiger partial charge is 0.334 e. The lowest BCUT2D eigenvalue weighted by Crippen LogP contribution is -2.31. The predicted octanol–water partition coefficient (Wildman–Crippen LogP) is 0.812. The van der Waals surface area contributed by atoms with Gasteiger partial charge in [-0.05, 0) is 11.8 Å². The zero-order chi connectivity index (χ0) is 9.02. The van der Waals surface area contributed by atoms with Crippen LogP contribution in [0.3, 0.4) is 0 Å². The number of aliphatic hydroxyl groups excluding tert-OH is 1. The summed E-state index contributed by atoms with van der Waals surface area (Å²) < 4.78 is 4.39. The highest BCUT2D eigenvalue weighted by atomic mass is 16.5. The number of esters is 1. The van der Waals surface area contributed by atoms with Crippen molar-refractivity contribution in [1.29, 1.82) is 0 Å². The Morgan fingerprint density at radius 3 is 2.09 bits per heavy atom. The summed E-state index contributed by atoms with van der Waals surface area (Å²) in [6.07, 6.45) is -0.986. The highest BCUT2D eigenvalue weighted by Crippen LogP contribution is 2.14. The zero-order valence-corrected chi connectivity index (χ0v) is 7.50. The summed E-state index contributed by atoms with van der Waals surface area (Å²) in [6, 6.07) is 0. The molecule has 1 N–H and O–H groups in total. The normalized spacial score (nSPS) is 16.2. The van der Waals surface area contributed by atoms with Crippen LogP contribution in [0.15, 0.2) is 0 Å². The molecule has 2 atom stereocenters. The average Bonchev–Trinajstić information content (AvgIpc) is 2.00. The molecule has 0 aromatic rings. The van der Waals surface area contributed by atoms with Crippen LogP contribution in [0.2, 0.25) is 0 Å². The molecule has 0 heterocycles. The third-order valence-corrected chi connectivity index (χ3v) is 1.99. The lowest BCUT2D eigenvalue weighted by Gasteiger charge is -2.19. The van der Waals surface area contributed by atoms with Gasteiger partial charge in [-0.2, -0.15) is 0 Å². The molecule has 0 aliphatic heterocycles. The molecule has 0 aliphatic rings. The molecular weight excluding hydrogens is 144 g/mol. The molecule has 0 spiro atoms. The number of rotatable bonds is 3. The number of hydrogen-bond donors (Lipinski definition) is 1. The Morgan fingerprint density at radius 1 is 1.36 bits per heavy atom. The van der Waals surface area contributed by atoms with E-state index < -0.39 is 12.1 Å². The summed E-state index contributed by atoms with van der Waals surface area (Å²) in [5, 5.41) is 9.28. The second-order valence-corrected chi connectivity index (χ2v) is 3.07. The van der Waals surface area contributed by atoms with Gasteiger partial charge < -0.3 is 9.84 Å². The van der Waals surface area contributed by atoms with E-state index in [9.17, 15) is 9.90 Å². The summed E-state index contributed by atoms with van der Waals surface area (Å²) >= 11 is 0. The van der Waals surface area contributed by atoms with Crippen LogP contribution in [0.1, 0.15) is 20.8 Å². The Labute approximate surface area is 67.4 Å². The SMILES string of the molecule is COC(=O)C(O)C(C)C(C)C.